The van der Waals surface area contributed by atoms with Gasteiger partial charge in [0.1, 0.15) is 0 Å². The van der Waals surface area contributed by atoms with Crippen molar-refractivity contribution in [3.63, 3.8) is 0 Å². The molecule has 2 heterocycles. The lowest BCUT2D eigenvalue weighted by Gasteiger charge is -2.40. The number of rotatable bonds is 5. The van der Waals surface area contributed by atoms with Crippen molar-refractivity contribution >= 4 is 38.5 Å². The fraction of sp³-hybridized carbons (Fsp3) is 0.360. The molecule has 180 valence electrons. The predicted molar refractivity (Wildman–Crippen MR) is 139 cm³/mol. The minimum atomic E-state index is -3.74. The molecule has 34 heavy (non-hydrogen) atoms. The van der Waals surface area contributed by atoms with Crippen LogP contribution in [-0.2, 0) is 14.8 Å². The van der Waals surface area contributed by atoms with E-state index in [1.807, 2.05) is 52.0 Å². The van der Waals surface area contributed by atoms with Gasteiger partial charge in [0.05, 0.1) is 22.2 Å². The Balaban J connectivity index is 1.67. The van der Waals surface area contributed by atoms with Gasteiger partial charge in [-0.3, -0.25) is 9.52 Å². The Bertz CT molecular complexity index is 1270. The molecular formula is C25H30N4O3S2. The molecule has 0 spiro atoms. The Kier molecular flexibility index (Phi) is 6.78. The SMILES string of the molecule is CNC(=O)C1=C(C)N=C2SCCCN2C1c1ccc(NS(=O)(=O)c2c(C)cc(C)cc2C)cc1. The van der Waals surface area contributed by atoms with Crippen LogP contribution in [0.3, 0.4) is 0 Å². The number of allylic oxidation sites excluding steroid dienone is 1. The highest BCUT2D eigenvalue weighted by atomic mass is 32.2. The number of benzene rings is 2. The fourth-order valence-electron chi connectivity index (χ4n) is 4.77. The van der Waals surface area contributed by atoms with Crippen LogP contribution in [0.15, 0.2) is 57.6 Å². The van der Waals surface area contributed by atoms with Crippen molar-refractivity contribution in [3.8, 4) is 0 Å². The summed E-state index contributed by atoms with van der Waals surface area (Å²) >= 11 is 1.70. The number of nitrogens with zero attached hydrogens (tertiary/aromatic N) is 2. The summed E-state index contributed by atoms with van der Waals surface area (Å²) in [6, 6.07) is 10.8. The van der Waals surface area contributed by atoms with Crippen LogP contribution < -0.4 is 10.0 Å². The first kappa shape index (κ1) is 24.3. The van der Waals surface area contributed by atoms with Gasteiger partial charge in [0.2, 0.25) is 0 Å². The van der Waals surface area contributed by atoms with Gasteiger partial charge in [-0.15, -0.1) is 0 Å². The zero-order chi connectivity index (χ0) is 24.6. The van der Waals surface area contributed by atoms with Crippen LogP contribution in [0.5, 0.6) is 0 Å². The number of nitrogens with one attached hydrogen (secondary N) is 2. The monoisotopic (exact) mass is 498 g/mol. The normalized spacial score (nSPS) is 18.3. The highest BCUT2D eigenvalue weighted by Gasteiger charge is 2.36. The van der Waals surface area contributed by atoms with E-state index < -0.39 is 10.0 Å². The van der Waals surface area contributed by atoms with Crippen molar-refractivity contribution in [3.05, 3.63) is 69.9 Å². The number of carbonyl (C=O) groups is 1. The van der Waals surface area contributed by atoms with Gasteiger partial charge in [0.25, 0.3) is 15.9 Å². The van der Waals surface area contributed by atoms with E-state index >= 15 is 0 Å². The zero-order valence-corrected chi connectivity index (χ0v) is 21.7. The number of sulfonamides is 1. The van der Waals surface area contributed by atoms with Gasteiger partial charge in [-0.25, -0.2) is 13.4 Å². The van der Waals surface area contributed by atoms with Crippen LogP contribution in [0.4, 0.5) is 5.69 Å². The Morgan fingerprint density at radius 3 is 2.35 bits per heavy atom. The molecule has 0 radical (unpaired) electrons. The largest absolute Gasteiger partial charge is 0.355 e. The van der Waals surface area contributed by atoms with Crippen LogP contribution in [0.2, 0.25) is 0 Å². The highest BCUT2D eigenvalue weighted by Crippen LogP contribution is 2.39. The third-order valence-electron chi connectivity index (χ3n) is 6.08. The van der Waals surface area contributed by atoms with Gasteiger partial charge >= 0.3 is 0 Å². The van der Waals surface area contributed by atoms with Crippen LogP contribution in [0, 0.1) is 20.8 Å². The summed E-state index contributed by atoms with van der Waals surface area (Å²) in [6.07, 6.45) is 1.01. The molecule has 2 aromatic rings. The lowest BCUT2D eigenvalue weighted by Crippen LogP contribution is -2.43. The number of amidine groups is 1. The lowest BCUT2D eigenvalue weighted by molar-refractivity contribution is -0.117. The maximum Gasteiger partial charge on any atom is 0.262 e. The van der Waals surface area contributed by atoms with Gasteiger partial charge in [-0.2, -0.15) is 0 Å². The number of anilines is 1. The summed E-state index contributed by atoms with van der Waals surface area (Å²) in [4.78, 5) is 19.9. The standard InChI is InChI=1S/C25H30N4O3S2/c1-15-13-16(2)23(17(3)14-15)34(31,32)28-20-9-7-19(8-10-20)22-21(24(30)26-5)18(4)27-25-29(22)11-6-12-33-25/h7-10,13-14,22,28H,6,11-12H2,1-5H3,(H,26,30). The number of carbonyl (C=O) groups excluding carboxylic acids is 1. The molecule has 4 rings (SSSR count). The van der Waals surface area contributed by atoms with E-state index in [2.05, 4.69) is 19.9 Å². The van der Waals surface area contributed by atoms with Crippen molar-refractivity contribution in [2.45, 2.75) is 45.1 Å². The van der Waals surface area contributed by atoms with Gasteiger partial charge < -0.3 is 10.2 Å². The summed E-state index contributed by atoms with van der Waals surface area (Å²) in [7, 11) is -2.12. The Labute approximate surface area is 205 Å². The molecule has 0 aliphatic carbocycles. The number of hydrogen-bond donors (Lipinski definition) is 2. The molecule has 2 aliphatic rings. The molecule has 1 unspecified atom stereocenters. The highest BCUT2D eigenvalue weighted by molar-refractivity contribution is 8.13. The summed E-state index contributed by atoms with van der Waals surface area (Å²) in [5, 5.41) is 3.67. The maximum atomic E-state index is 13.2. The molecule has 9 heteroatoms. The summed E-state index contributed by atoms with van der Waals surface area (Å²) in [5.41, 5.74) is 5.18. The molecule has 7 nitrogen and oxygen atoms in total. The van der Waals surface area contributed by atoms with Crippen molar-refractivity contribution in [2.24, 2.45) is 4.99 Å². The van der Waals surface area contributed by atoms with Crippen LogP contribution in [0.25, 0.3) is 0 Å². The summed E-state index contributed by atoms with van der Waals surface area (Å²) in [6.45, 7) is 8.25. The molecule has 0 aromatic heterocycles. The van der Waals surface area contributed by atoms with Crippen LogP contribution in [-0.4, -0.2) is 43.7 Å². The van der Waals surface area contributed by atoms with E-state index in [9.17, 15) is 13.2 Å². The molecule has 2 N–H and O–H groups in total. The van der Waals surface area contributed by atoms with Gasteiger partial charge in [0.15, 0.2) is 5.17 Å². The number of amides is 1. The third kappa shape index (κ3) is 4.59. The van der Waals surface area contributed by atoms with E-state index in [0.717, 1.165) is 35.0 Å². The first-order valence-corrected chi connectivity index (χ1v) is 13.7. The smallest absolute Gasteiger partial charge is 0.262 e. The van der Waals surface area contributed by atoms with Gasteiger partial charge in [0, 0.05) is 25.0 Å². The van der Waals surface area contributed by atoms with Crippen molar-refractivity contribution < 1.29 is 13.2 Å². The first-order valence-electron chi connectivity index (χ1n) is 11.2. The second-order valence-electron chi connectivity index (χ2n) is 8.73. The number of hydrogen-bond acceptors (Lipinski definition) is 6. The van der Waals surface area contributed by atoms with E-state index in [1.54, 1.807) is 30.9 Å². The second kappa shape index (κ2) is 9.46. The van der Waals surface area contributed by atoms with E-state index in [4.69, 9.17) is 0 Å². The average Bonchev–Trinajstić information content (AvgIpc) is 2.77. The molecule has 2 aliphatic heterocycles. The third-order valence-corrected chi connectivity index (χ3v) is 8.84. The minimum absolute atomic E-state index is 0.157. The number of aliphatic imine (C=N–C) groups is 1. The first-order chi connectivity index (χ1) is 16.1. The van der Waals surface area contributed by atoms with E-state index in [-0.39, 0.29) is 11.9 Å². The van der Waals surface area contributed by atoms with E-state index in [1.165, 1.54) is 0 Å². The molecule has 1 saturated heterocycles. The number of thioether (sulfide) groups is 1. The molecular weight excluding hydrogens is 468 g/mol. The number of fused-ring (bicyclic) bond motifs is 1. The van der Waals surface area contributed by atoms with Crippen LogP contribution in [0.1, 0.15) is 41.6 Å². The van der Waals surface area contributed by atoms with Crippen LogP contribution >= 0.6 is 11.8 Å². The Hall–Kier alpha value is -2.78. The molecule has 1 amide bonds. The summed E-state index contributed by atoms with van der Waals surface area (Å²) in [5.74, 6) is 0.847. The molecule has 2 aromatic carbocycles. The second-order valence-corrected chi connectivity index (χ2v) is 11.4. The molecule has 0 saturated carbocycles. The number of aryl methyl sites for hydroxylation is 3. The Morgan fingerprint density at radius 2 is 1.74 bits per heavy atom. The fourth-order valence-corrected chi connectivity index (χ4v) is 7.30. The lowest BCUT2D eigenvalue weighted by atomic mass is 9.93. The maximum absolute atomic E-state index is 13.2. The molecule has 1 fully saturated rings. The van der Waals surface area contributed by atoms with Crippen molar-refractivity contribution in [2.75, 3.05) is 24.1 Å². The minimum Gasteiger partial charge on any atom is -0.355 e. The summed E-state index contributed by atoms with van der Waals surface area (Å²) < 4.78 is 29.0. The molecule has 1 atom stereocenters. The van der Waals surface area contributed by atoms with Crippen molar-refractivity contribution in [1.82, 2.24) is 10.2 Å². The quantitative estimate of drug-likeness (QED) is 0.642. The van der Waals surface area contributed by atoms with E-state index in [0.29, 0.717) is 33.0 Å². The Morgan fingerprint density at radius 1 is 1.09 bits per heavy atom. The van der Waals surface area contributed by atoms with Crippen molar-refractivity contribution in [1.29, 1.82) is 0 Å². The van der Waals surface area contributed by atoms with Gasteiger partial charge in [-0.1, -0.05) is 41.6 Å². The molecule has 0 bridgehead atoms. The average molecular weight is 499 g/mol. The van der Waals surface area contributed by atoms with Gasteiger partial charge in [-0.05, 0) is 62.9 Å². The number of likely N-dealkylation sites (N-methyl/N-ethyl adjacent to an activating group) is 1. The topological polar surface area (TPSA) is 90.9 Å². The predicted octanol–water partition coefficient (Wildman–Crippen LogP) is 4.28. The zero-order valence-electron chi connectivity index (χ0n) is 20.1.